The predicted molar refractivity (Wildman–Crippen MR) is 49.4 cm³/mol. The Bertz CT molecular complexity index is 475. The first-order valence-corrected chi connectivity index (χ1v) is 4.10. The van der Waals surface area contributed by atoms with Crippen molar-refractivity contribution in [2.45, 2.75) is 0 Å². The monoisotopic (exact) mass is 199 g/mol. The number of hydrogen-bond acceptors (Lipinski definition) is 1. The molecule has 0 radical (unpaired) electrons. The van der Waals surface area contributed by atoms with Gasteiger partial charge in [-0.1, -0.05) is 11.5 Å². The normalized spacial score (nSPS) is 12.3. The van der Waals surface area contributed by atoms with Gasteiger partial charge in [-0.2, -0.15) is 0 Å². The summed E-state index contributed by atoms with van der Waals surface area (Å²) in [7, 11) is 1.67. The highest BCUT2D eigenvalue weighted by molar-refractivity contribution is 6.75. The predicted octanol–water partition coefficient (Wildman–Crippen LogP) is 1.63. The van der Waals surface area contributed by atoms with Crippen molar-refractivity contribution >= 4 is 23.5 Å². The Hall–Kier alpha value is -1.46. The fraction of sp³-hybridized carbons (Fsp3) is 0.125. The largest absolute Gasteiger partial charge is 0.510 e. The summed E-state index contributed by atoms with van der Waals surface area (Å²) < 4.78 is 39.2. The van der Waals surface area contributed by atoms with Crippen molar-refractivity contribution in [3.63, 3.8) is 0 Å². The lowest BCUT2D eigenvalue weighted by Gasteiger charge is -2.15. The first-order valence-electron chi connectivity index (χ1n) is 4.10. The summed E-state index contributed by atoms with van der Waals surface area (Å²) in [6.07, 6.45) is 2.76. The SMILES string of the molecule is Cn1ccc2c([B-](F)(F)F)ccnc21. The molecule has 2 aromatic heterocycles. The molecule has 0 aliphatic heterocycles. The number of rotatable bonds is 1. The molecule has 0 amide bonds. The van der Waals surface area contributed by atoms with E-state index >= 15 is 0 Å². The van der Waals surface area contributed by atoms with Crippen LogP contribution >= 0.6 is 0 Å². The number of nitrogens with zero attached hydrogens (tertiary/aromatic N) is 2. The van der Waals surface area contributed by atoms with Crippen LogP contribution in [0.3, 0.4) is 0 Å². The maximum Gasteiger partial charge on any atom is 0.510 e. The van der Waals surface area contributed by atoms with Crippen LogP contribution in [-0.2, 0) is 7.05 Å². The third kappa shape index (κ3) is 1.27. The zero-order valence-electron chi connectivity index (χ0n) is 7.42. The minimum atomic E-state index is -4.96. The van der Waals surface area contributed by atoms with Gasteiger partial charge in [0.1, 0.15) is 5.65 Å². The van der Waals surface area contributed by atoms with Crippen LogP contribution in [0.15, 0.2) is 24.5 Å². The van der Waals surface area contributed by atoms with Crippen molar-refractivity contribution < 1.29 is 12.9 Å². The van der Waals surface area contributed by atoms with Crippen molar-refractivity contribution in [3.05, 3.63) is 24.5 Å². The molecule has 2 rings (SSSR count). The average molecular weight is 199 g/mol. The number of hydrogen-bond donors (Lipinski definition) is 0. The maximum atomic E-state index is 12.6. The molecule has 0 aromatic carbocycles. The molecule has 2 nitrogen and oxygen atoms in total. The molecule has 0 bridgehead atoms. The van der Waals surface area contributed by atoms with Crippen LogP contribution in [0.1, 0.15) is 0 Å². The van der Waals surface area contributed by atoms with Gasteiger partial charge in [-0.3, -0.25) is 0 Å². The number of aromatic nitrogens is 2. The van der Waals surface area contributed by atoms with Gasteiger partial charge in [-0.05, 0) is 11.5 Å². The van der Waals surface area contributed by atoms with Crippen molar-refractivity contribution in [2.75, 3.05) is 0 Å². The second-order valence-electron chi connectivity index (χ2n) is 3.14. The molecular weight excluding hydrogens is 192 g/mol. The second kappa shape index (κ2) is 2.77. The van der Waals surface area contributed by atoms with Crippen molar-refractivity contribution in [2.24, 2.45) is 7.05 Å². The van der Waals surface area contributed by atoms with Gasteiger partial charge in [-0.25, -0.2) is 4.98 Å². The highest BCUT2D eigenvalue weighted by Crippen LogP contribution is 2.16. The molecule has 74 valence electrons. The van der Waals surface area contributed by atoms with Crippen LogP contribution < -0.4 is 5.46 Å². The van der Waals surface area contributed by atoms with Crippen molar-refractivity contribution in [1.82, 2.24) is 9.55 Å². The Kier molecular flexibility index (Phi) is 1.80. The quantitative estimate of drug-likeness (QED) is 0.638. The lowest BCUT2D eigenvalue weighted by Crippen LogP contribution is -2.34. The first-order chi connectivity index (χ1) is 6.50. The van der Waals surface area contributed by atoms with Gasteiger partial charge in [-0.15, -0.1) is 0 Å². The minimum Gasteiger partial charge on any atom is -0.445 e. The zero-order chi connectivity index (χ0) is 10.3. The molecular formula is C8H7BF3N2-. The Balaban J connectivity index is 2.79. The molecule has 0 saturated heterocycles. The van der Waals surface area contributed by atoms with Gasteiger partial charge < -0.3 is 17.5 Å². The summed E-state index contributed by atoms with van der Waals surface area (Å²) in [5, 5.41) is 0.169. The molecule has 0 aliphatic carbocycles. The summed E-state index contributed by atoms with van der Waals surface area (Å²) in [5.41, 5.74) is -0.211. The molecule has 0 aliphatic rings. The smallest absolute Gasteiger partial charge is 0.445 e. The van der Waals surface area contributed by atoms with E-state index in [1.807, 2.05) is 0 Å². The summed E-state index contributed by atoms with van der Waals surface area (Å²) in [5.74, 6) is 0. The van der Waals surface area contributed by atoms with E-state index in [2.05, 4.69) is 4.98 Å². The molecule has 0 atom stereocenters. The summed E-state index contributed by atoms with van der Waals surface area (Å²) in [4.78, 5) is 3.89. The highest BCUT2D eigenvalue weighted by atomic mass is 19.4. The van der Waals surface area contributed by atoms with E-state index < -0.39 is 12.4 Å². The Morgan fingerprint density at radius 2 is 2.00 bits per heavy atom. The summed E-state index contributed by atoms with van der Waals surface area (Å²) in [6, 6.07) is 2.45. The van der Waals surface area contributed by atoms with Gasteiger partial charge in [0.2, 0.25) is 0 Å². The number of aryl methyl sites for hydroxylation is 1. The Morgan fingerprint density at radius 1 is 1.29 bits per heavy atom. The van der Waals surface area contributed by atoms with E-state index in [1.54, 1.807) is 17.8 Å². The van der Waals surface area contributed by atoms with Crippen molar-refractivity contribution in [3.8, 4) is 0 Å². The molecule has 0 fully saturated rings. The second-order valence-corrected chi connectivity index (χ2v) is 3.14. The molecule has 0 N–H and O–H groups in total. The number of pyridine rings is 1. The minimum absolute atomic E-state index is 0.169. The van der Waals surface area contributed by atoms with Crippen LogP contribution in [0.2, 0.25) is 0 Å². The van der Waals surface area contributed by atoms with E-state index in [0.29, 0.717) is 5.65 Å². The molecule has 6 heteroatoms. The van der Waals surface area contributed by atoms with Gasteiger partial charge >= 0.3 is 6.98 Å². The van der Waals surface area contributed by atoms with E-state index in [-0.39, 0.29) is 5.39 Å². The fourth-order valence-corrected chi connectivity index (χ4v) is 1.47. The molecule has 2 heterocycles. The first kappa shape index (κ1) is 9.11. The van der Waals surface area contributed by atoms with Crippen LogP contribution in [-0.4, -0.2) is 16.5 Å². The topological polar surface area (TPSA) is 17.8 Å². The summed E-state index contributed by atoms with van der Waals surface area (Å²) in [6.45, 7) is -4.96. The van der Waals surface area contributed by atoms with Crippen LogP contribution in [0.4, 0.5) is 12.9 Å². The summed E-state index contributed by atoms with van der Waals surface area (Å²) >= 11 is 0. The van der Waals surface area contributed by atoms with E-state index in [1.165, 1.54) is 12.3 Å². The molecule has 0 spiro atoms. The van der Waals surface area contributed by atoms with Gasteiger partial charge in [0.15, 0.2) is 0 Å². The standard InChI is InChI=1S/C8H7BF3N2/c1-14-5-3-6-7(9(10,11)12)2-4-13-8(6)14/h2-5H,1H3/q-1. The fourth-order valence-electron chi connectivity index (χ4n) is 1.47. The Morgan fingerprint density at radius 3 is 2.64 bits per heavy atom. The number of fused-ring (bicyclic) bond motifs is 1. The molecule has 0 unspecified atom stereocenters. The van der Waals surface area contributed by atoms with E-state index in [4.69, 9.17) is 0 Å². The van der Waals surface area contributed by atoms with Gasteiger partial charge in [0.25, 0.3) is 0 Å². The maximum absolute atomic E-state index is 12.6. The van der Waals surface area contributed by atoms with Gasteiger partial charge in [0.05, 0.1) is 0 Å². The lowest BCUT2D eigenvalue weighted by molar-refractivity contribution is 0.501. The van der Waals surface area contributed by atoms with Crippen LogP contribution in [0.5, 0.6) is 0 Å². The van der Waals surface area contributed by atoms with Gasteiger partial charge in [0, 0.05) is 19.4 Å². The Labute approximate surface area is 78.4 Å². The third-order valence-corrected chi connectivity index (χ3v) is 2.15. The lowest BCUT2D eigenvalue weighted by atomic mass is 9.79. The highest BCUT2D eigenvalue weighted by Gasteiger charge is 2.27. The van der Waals surface area contributed by atoms with E-state index in [9.17, 15) is 12.9 Å². The molecule has 2 aromatic rings. The third-order valence-electron chi connectivity index (χ3n) is 2.15. The zero-order valence-corrected chi connectivity index (χ0v) is 7.42. The average Bonchev–Trinajstić information content (AvgIpc) is 2.46. The van der Waals surface area contributed by atoms with E-state index in [0.717, 1.165) is 6.07 Å². The van der Waals surface area contributed by atoms with Crippen LogP contribution in [0.25, 0.3) is 11.0 Å². The van der Waals surface area contributed by atoms with Crippen molar-refractivity contribution in [1.29, 1.82) is 0 Å². The molecule has 0 saturated carbocycles. The molecule has 14 heavy (non-hydrogen) atoms. The van der Waals surface area contributed by atoms with Crippen LogP contribution in [0, 0.1) is 0 Å². The number of halogens is 3.